The fraction of sp³-hybridized carbons (Fsp3) is 0.222. The summed E-state index contributed by atoms with van der Waals surface area (Å²) in [7, 11) is 0. The minimum atomic E-state index is -0.511. The second kappa shape index (κ2) is 11.7. The largest absolute Gasteiger partial charge is 0.383 e. The van der Waals surface area contributed by atoms with E-state index in [-0.39, 0.29) is 36.5 Å². The molecule has 1 aromatic carbocycles. The Labute approximate surface area is 210 Å². The van der Waals surface area contributed by atoms with E-state index in [1.807, 2.05) is 75.4 Å². The Hall–Kier alpha value is -4.53. The Balaban J connectivity index is 2.17. The first-order valence-corrected chi connectivity index (χ1v) is 11.5. The summed E-state index contributed by atoms with van der Waals surface area (Å²) in [6, 6.07) is 17.1. The van der Waals surface area contributed by atoms with Crippen molar-refractivity contribution in [1.82, 2.24) is 14.5 Å². The minimum absolute atomic E-state index is 0.0105. The molecule has 0 saturated carbocycles. The lowest BCUT2D eigenvalue weighted by atomic mass is 10.1. The van der Waals surface area contributed by atoms with Crippen LogP contribution in [0.1, 0.15) is 40.8 Å². The summed E-state index contributed by atoms with van der Waals surface area (Å²) in [5.41, 5.74) is 15.4. The highest BCUT2D eigenvalue weighted by Crippen LogP contribution is 2.21. The van der Waals surface area contributed by atoms with E-state index in [1.54, 1.807) is 4.57 Å². The molecule has 0 atom stereocenters. The molecule has 9 heteroatoms. The van der Waals surface area contributed by atoms with Crippen LogP contribution in [0.3, 0.4) is 0 Å². The second-order valence-electron chi connectivity index (χ2n) is 8.42. The molecule has 9 nitrogen and oxygen atoms in total. The van der Waals surface area contributed by atoms with Crippen LogP contribution in [0.25, 0.3) is 5.69 Å². The van der Waals surface area contributed by atoms with Gasteiger partial charge >= 0.3 is 0 Å². The lowest BCUT2D eigenvalue weighted by Crippen LogP contribution is -2.25. The highest BCUT2D eigenvalue weighted by Gasteiger charge is 2.16. The molecule has 3 rings (SSSR count). The molecule has 3 aromatic rings. The van der Waals surface area contributed by atoms with E-state index >= 15 is 0 Å². The Bertz CT molecular complexity index is 1410. The Kier molecular flexibility index (Phi) is 8.51. The zero-order valence-electron chi connectivity index (χ0n) is 20.7. The number of rotatable bonds is 8. The van der Waals surface area contributed by atoms with Gasteiger partial charge in [-0.1, -0.05) is 42.5 Å². The van der Waals surface area contributed by atoms with Crippen LogP contribution in [0.5, 0.6) is 0 Å². The van der Waals surface area contributed by atoms with Gasteiger partial charge in [0, 0.05) is 23.4 Å². The lowest BCUT2D eigenvalue weighted by molar-refractivity contribution is -0.117. The van der Waals surface area contributed by atoms with Crippen molar-refractivity contribution in [2.75, 3.05) is 11.1 Å². The van der Waals surface area contributed by atoms with Gasteiger partial charge in [-0.05, 0) is 50.5 Å². The second-order valence-corrected chi connectivity index (χ2v) is 8.42. The molecule has 0 spiro atoms. The maximum Gasteiger partial charge on any atom is 0.258 e. The van der Waals surface area contributed by atoms with Gasteiger partial charge in [-0.15, -0.1) is 0 Å². The lowest BCUT2D eigenvalue weighted by Gasteiger charge is -2.17. The maximum absolute atomic E-state index is 13.7. The molecule has 0 saturated heterocycles. The molecule has 0 unspecified atom stereocenters. The zero-order valence-corrected chi connectivity index (χ0v) is 20.7. The van der Waals surface area contributed by atoms with Gasteiger partial charge in [0.05, 0.1) is 17.8 Å². The van der Waals surface area contributed by atoms with E-state index < -0.39 is 5.91 Å². The molecule has 186 valence electrons. The van der Waals surface area contributed by atoms with Gasteiger partial charge in [0.2, 0.25) is 5.91 Å². The molecule has 0 radical (unpaired) electrons. The van der Waals surface area contributed by atoms with Gasteiger partial charge < -0.3 is 22.2 Å². The average Bonchev–Trinajstić information content (AvgIpc) is 2.85. The number of hydrogen-bond donors (Lipinski definition) is 4. The van der Waals surface area contributed by atoms with Gasteiger partial charge in [-0.3, -0.25) is 14.2 Å². The van der Waals surface area contributed by atoms with Crippen molar-refractivity contribution in [3.8, 4) is 5.69 Å². The van der Waals surface area contributed by atoms with Crippen molar-refractivity contribution in [1.29, 1.82) is 5.41 Å². The maximum atomic E-state index is 13.7. The molecule has 36 heavy (non-hydrogen) atoms. The number of aromatic nitrogens is 3. The van der Waals surface area contributed by atoms with Crippen molar-refractivity contribution >= 4 is 23.3 Å². The van der Waals surface area contributed by atoms with E-state index in [1.165, 1.54) is 6.33 Å². The van der Waals surface area contributed by atoms with Crippen LogP contribution < -0.4 is 22.3 Å². The molecular weight excluding hydrogens is 454 g/mol. The van der Waals surface area contributed by atoms with Crippen molar-refractivity contribution in [3.63, 3.8) is 0 Å². The van der Waals surface area contributed by atoms with Crippen LogP contribution in [0.2, 0.25) is 0 Å². The molecule has 0 fully saturated rings. The van der Waals surface area contributed by atoms with Crippen LogP contribution in [-0.4, -0.2) is 26.2 Å². The molecule has 0 bridgehead atoms. The Morgan fingerprint density at radius 2 is 1.64 bits per heavy atom. The molecule has 0 aliphatic heterocycles. The number of benzene rings is 1. The Morgan fingerprint density at radius 3 is 2.36 bits per heavy atom. The van der Waals surface area contributed by atoms with E-state index in [2.05, 4.69) is 15.3 Å². The van der Waals surface area contributed by atoms with Gasteiger partial charge in [0.1, 0.15) is 18.0 Å². The molecule has 2 aromatic heterocycles. The fourth-order valence-electron chi connectivity index (χ4n) is 3.69. The average molecular weight is 486 g/mol. The van der Waals surface area contributed by atoms with Gasteiger partial charge in [-0.25, -0.2) is 9.97 Å². The highest BCUT2D eigenvalue weighted by atomic mass is 16.1. The van der Waals surface area contributed by atoms with Crippen molar-refractivity contribution < 1.29 is 4.79 Å². The van der Waals surface area contributed by atoms with Gasteiger partial charge in [0.15, 0.2) is 0 Å². The smallest absolute Gasteiger partial charge is 0.258 e. The number of nitrogens with two attached hydrogens (primary N) is 2. The summed E-state index contributed by atoms with van der Waals surface area (Å²) in [5.74, 6) is -0.0593. The van der Waals surface area contributed by atoms with Crippen LogP contribution in [0.4, 0.5) is 11.6 Å². The molecule has 1 amide bonds. The number of nitrogens with one attached hydrogen (secondary N) is 2. The fourth-order valence-corrected chi connectivity index (χ4v) is 3.69. The van der Waals surface area contributed by atoms with E-state index in [0.717, 1.165) is 16.8 Å². The van der Waals surface area contributed by atoms with E-state index in [9.17, 15) is 9.59 Å². The van der Waals surface area contributed by atoms with Crippen LogP contribution >= 0.6 is 0 Å². The summed E-state index contributed by atoms with van der Waals surface area (Å²) in [4.78, 5) is 33.2. The first kappa shape index (κ1) is 26.1. The van der Waals surface area contributed by atoms with Crippen molar-refractivity contribution in [3.05, 3.63) is 99.2 Å². The zero-order chi connectivity index (χ0) is 26.2. The minimum Gasteiger partial charge on any atom is -0.383 e. The number of nitrogen functional groups attached to an aromatic ring is 1. The molecule has 0 aliphatic rings. The SMILES string of the molecule is Cc1ccccc1-n1c(CNc2ncnc(N)c2C(=N)CCC(N)=O)cccccc(C)c(C)c1=O. The molecule has 2 heterocycles. The number of para-hydroxylation sites is 1. The molecular formula is C27H31N7O2. The van der Waals surface area contributed by atoms with E-state index in [4.69, 9.17) is 16.9 Å². The van der Waals surface area contributed by atoms with Gasteiger partial charge in [-0.2, -0.15) is 0 Å². The predicted octanol–water partition coefficient (Wildman–Crippen LogP) is 3.50. The number of primary amides is 1. The normalized spacial score (nSPS) is 10.4. The van der Waals surface area contributed by atoms with Crippen LogP contribution in [0, 0.1) is 26.2 Å². The first-order chi connectivity index (χ1) is 17.2. The summed E-state index contributed by atoms with van der Waals surface area (Å²) < 4.78 is 1.69. The predicted molar refractivity (Wildman–Crippen MR) is 143 cm³/mol. The topological polar surface area (TPSA) is 153 Å². The number of anilines is 2. The first-order valence-electron chi connectivity index (χ1n) is 11.5. The highest BCUT2D eigenvalue weighted by molar-refractivity contribution is 6.06. The number of nitrogens with zero attached hydrogens (tertiary/aromatic N) is 3. The van der Waals surface area contributed by atoms with Crippen molar-refractivity contribution in [2.45, 2.75) is 40.2 Å². The number of hydrogen-bond acceptors (Lipinski definition) is 7. The number of amides is 1. The summed E-state index contributed by atoms with van der Waals surface area (Å²) in [6.07, 6.45) is 1.42. The van der Waals surface area contributed by atoms with Gasteiger partial charge in [0.25, 0.3) is 5.56 Å². The Morgan fingerprint density at radius 1 is 0.972 bits per heavy atom. The van der Waals surface area contributed by atoms with Crippen LogP contribution in [-0.2, 0) is 11.3 Å². The third-order valence-electron chi connectivity index (χ3n) is 5.85. The number of aryl methyl sites for hydroxylation is 2. The standard InChI is InChI=1S/C27H31N7O2/c1-17-9-5-4-6-11-20(34(27(36)19(17)3)22-12-8-7-10-18(22)2)15-31-26-24(25(30)32-16-33-26)21(28)13-14-23(29)35/h4-12,16,28H,13-15H2,1-3H3,(H2,29,35)(H3,30,31,32,33). The van der Waals surface area contributed by atoms with E-state index in [0.29, 0.717) is 22.6 Å². The van der Waals surface area contributed by atoms with Crippen LogP contribution in [0.15, 0.2) is 65.7 Å². The third kappa shape index (κ3) is 6.12. The third-order valence-corrected chi connectivity index (χ3v) is 5.85. The number of carbonyl (C=O) groups excluding carboxylic acids is 1. The summed E-state index contributed by atoms with van der Waals surface area (Å²) in [6.45, 7) is 5.88. The monoisotopic (exact) mass is 485 g/mol. The quantitative estimate of drug-likeness (QED) is 0.358. The van der Waals surface area contributed by atoms with Crippen molar-refractivity contribution in [2.24, 2.45) is 5.73 Å². The summed E-state index contributed by atoms with van der Waals surface area (Å²) >= 11 is 0. The summed E-state index contributed by atoms with van der Waals surface area (Å²) in [5, 5.41) is 11.6. The molecule has 6 N–H and O–H groups in total. The molecule has 0 aliphatic carbocycles. The number of carbonyl (C=O) groups is 1.